The van der Waals surface area contributed by atoms with Crippen LogP contribution in [-0.2, 0) is 17.9 Å². The van der Waals surface area contributed by atoms with Crippen molar-refractivity contribution in [3.05, 3.63) is 35.4 Å². The highest BCUT2D eigenvalue weighted by Crippen LogP contribution is 2.58. The number of aliphatic hydroxyl groups is 2. The first-order valence-corrected chi connectivity index (χ1v) is 9.77. The number of rotatable bonds is 7. The standard InChI is InChI=1S/C21H32N2O3/c1-20-8-6-18(12-16-2-4-17(15-24)5-3-16)13-21(20,25)9-7-19(20)14-23-26-11-10-22/h2-5,14,18-19,24-25H,6-13,15,22H2,1H3/t18-,19-,20-,21+/m1/s1. The van der Waals surface area contributed by atoms with Crippen LogP contribution in [-0.4, -0.2) is 35.2 Å². The molecule has 0 spiro atoms. The first-order valence-electron chi connectivity index (χ1n) is 9.77. The summed E-state index contributed by atoms with van der Waals surface area (Å²) in [6, 6.07) is 8.17. The van der Waals surface area contributed by atoms with Crippen LogP contribution in [0.25, 0.3) is 0 Å². The van der Waals surface area contributed by atoms with Crippen molar-refractivity contribution >= 4 is 6.21 Å². The Balaban J connectivity index is 1.63. The normalized spacial score (nSPS) is 34.2. The van der Waals surface area contributed by atoms with Crippen molar-refractivity contribution in [3.63, 3.8) is 0 Å². The van der Waals surface area contributed by atoms with Gasteiger partial charge in [-0.05, 0) is 55.6 Å². The van der Waals surface area contributed by atoms with Gasteiger partial charge in [-0.25, -0.2) is 0 Å². The lowest BCUT2D eigenvalue weighted by molar-refractivity contribution is -0.106. The maximum absolute atomic E-state index is 11.4. The second-order valence-electron chi connectivity index (χ2n) is 8.26. The molecule has 0 heterocycles. The zero-order valence-corrected chi connectivity index (χ0v) is 15.7. The molecular formula is C21H32N2O3. The Bertz CT molecular complexity index is 618. The monoisotopic (exact) mass is 360 g/mol. The molecule has 2 fully saturated rings. The first-order chi connectivity index (χ1) is 12.5. The molecule has 26 heavy (non-hydrogen) atoms. The minimum Gasteiger partial charge on any atom is -0.395 e. The van der Waals surface area contributed by atoms with Gasteiger partial charge in [0.2, 0.25) is 0 Å². The summed E-state index contributed by atoms with van der Waals surface area (Å²) in [7, 11) is 0. The molecule has 1 aromatic rings. The molecule has 2 saturated carbocycles. The largest absolute Gasteiger partial charge is 0.395 e. The minimum atomic E-state index is -0.620. The molecule has 5 heteroatoms. The summed E-state index contributed by atoms with van der Waals surface area (Å²) >= 11 is 0. The fraction of sp³-hybridized carbons (Fsp3) is 0.667. The molecule has 4 N–H and O–H groups in total. The lowest BCUT2D eigenvalue weighted by Crippen LogP contribution is -2.50. The third-order valence-electron chi connectivity index (χ3n) is 6.70. The van der Waals surface area contributed by atoms with Crippen molar-refractivity contribution in [1.82, 2.24) is 0 Å². The Kier molecular flexibility index (Phi) is 6.00. The summed E-state index contributed by atoms with van der Waals surface area (Å²) < 4.78 is 0. The number of nitrogens with zero attached hydrogens (tertiary/aromatic N) is 1. The highest BCUT2D eigenvalue weighted by molar-refractivity contribution is 5.62. The van der Waals surface area contributed by atoms with E-state index in [1.54, 1.807) is 0 Å². The first kappa shape index (κ1) is 19.3. The topological polar surface area (TPSA) is 88.1 Å². The van der Waals surface area contributed by atoms with Crippen molar-refractivity contribution in [2.24, 2.45) is 28.1 Å². The van der Waals surface area contributed by atoms with Gasteiger partial charge in [-0.15, -0.1) is 0 Å². The molecule has 0 aromatic heterocycles. The number of nitrogens with two attached hydrogens (primary N) is 1. The maximum atomic E-state index is 11.4. The van der Waals surface area contributed by atoms with Gasteiger partial charge in [0.05, 0.1) is 12.2 Å². The molecule has 0 saturated heterocycles. The Morgan fingerprint density at radius 2 is 1.96 bits per heavy atom. The van der Waals surface area contributed by atoms with Crippen molar-refractivity contribution in [1.29, 1.82) is 0 Å². The summed E-state index contributed by atoms with van der Waals surface area (Å²) in [5.74, 6) is 0.757. The van der Waals surface area contributed by atoms with E-state index in [-0.39, 0.29) is 17.9 Å². The average Bonchev–Trinajstić information content (AvgIpc) is 2.90. The fourth-order valence-corrected chi connectivity index (χ4v) is 4.93. The minimum absolute atomic E-state index is 0.0831. The van der Waals surface area contributed by atoms with Crippen LogP contribution in [0.4, 0.5) is 0 Å². The summed E-state index contributed by atoms with van der Waals surface area (Å²) in [6.45, 7) is 3.19. The van der Waals surface area contributed by atoms with Gasteiger partial charge in [0, 0.05) is 24.1 Å². The lowest BCUT2D eigenvalue weighted by atomic mass is 9.59. The zero-order valence-electron chi connectivity index (χ0n) is 15.7. The van der Waals surface area contributed by atoms with Crippen LogP contribution in [0.3, 0.4) is 0 Å². The molecule has 0 bridgehead atoms. The van der Waals surface area contributed by atoms with Gasteiger partial charge in [-0.3, -0.25) is 0 Å². The summed E-state index contributed by atoms with van der Waals surface area (Å²) in [5, 5.41) is 24.7. The highest BCUT2D eigenvalue weighted by Gasteiger charge is 2.58. The van der Waals surface area contributed by atoms with E-state index in [2.05, 4.69) is 24.2 Å². The Morgan fingerprint density at radius 1 is 1.23 bits per heavy atom. The van der Waals surface area contributed by atoms with Gasteiger partial charge in [-0.2, -0.15) is 0 Å². The third kappa shape index (κ3) is 3.80. The lowest BCUT2D eigenvalue weighted by Gasteiger charge is -2.48. The van der Waals surface area contributed by atoms with Gasteiger partial charge in [0.15, 0.2) is 0 Å². The van der Waals surface area contributed by atoms with E-state index in [0.717, 1.165) is 44.1 Å². The van der Waals surface area contributed by atoms with Gasteiger partial charge >= 0.3 is 0 Å². The number of aliphatic hydroxyl groups excluding tert-OH is 1. The van der Waals surface area contributed by atoms with E-state index in [1.807, 2.05) is 18.3 Å². The number of hydrogen-bond donors (Lipinski definition) is 3. The summed E-state index contributed by atoms with van der Waals surface area (Å²) in [4.78, 5) is 5.17. The Labute approximate surface area is 156 Å². The number of oxime groups is 1. The van der Waals surface area contributed by atoms with Crippen LogP contribution < -0.4 is 5.73 Å². The predicted molar refractivity (Wildman–Crippen MR) is 103 cm³/mol. The van der Waals surface area contributed by atoms with Crippen molar-refractivity contribution < 1.29 is 15.1 Å². The third-order valence-corrected chi connectivity index (χ3v) is 6.70. The second kappa shape index (κ2) is 8.07. The Hall–Kier alpha value is -1.43. The van der Waals surface area contributed by atoms with Gasteiger partial charge < -0.3 is 20.8 Å². The summed E-state index contributed by atoms with van der Waals surface area (Å²) in [6.07, 6.45) is 7.64. The van der Waals surface area contributed by atoms with E-state index in [1.165, 1.54) is 5.56 Å². The van der Waals surface area contributed by atoms with E-state index in [0.29, 0.717) is 19.1 Å². The number of fused-ring (bicyclic) bond motifs is 1. The van der Waals surface area contributed by atoms with Crippen molar-refractivity contribution in [2.45, 2.75) is 57.7 Å². The molecule has 0 radical (unpaired) electrons. The van der Waals surface area contributed by atoms with Crippen LogP contribution in [0.1, 0.15) is 50.2 Å². The fourth-order valence-electron chi connectivity index (χ4n) is 4.93. The molecule has 1 aromatic carbocycles. The van der Waals surface area contributed by atoms with Crippen molar-refractivity contribution in [3.8, 4) is 0 Å². The van der Waals surface area contributed by atoms with Crippen LogP contribution >= 0.6 is 0 Å². The average molecular weight is 360 g/mol. The van der Waals surface area contributed by atoms with E-state index in [9.17, 15) is 10.2 Å². The molecule has 2 aliphatic rings. The molecule has 5 nitrogen and oxygen atoms in total. The predicted octanol–water partition coefficient (Wildman–Crippen LogP) is 2.63. The molecule has 144 valence electrons. The zero-order chi connectivity index (χ0) is 18.6. The van der Waals surface area contributed by atoms with Gasteiger partial charge in [0.25, 0.3) is 0 Å². The molecule has 0 aliphatic heterocycles. The molecule has 4 atom stereocenters. The Morgan fingerprint density at radius 3 is 2.65 bits per heavy atom. The second-order valence-corrected chi connectivity index (χ2v) is 8.26. The maximum Gasteiger partial charge on any atom is 0.129 e. The summed E-state index contributed by atoms with van der Waals surface area (Å²) in [5.41, 5.74) is 6.90. The van der Waals surface area contributed by atoms with Crippen molar-refractivity contribution in [2.75, 3.05) is 13.2 Å². The molecule has 0 unspecified atom stereocenters. The van der Waals surface area contributed by atoms with Gasteiger partial charge in [-0.1, -0.05) is 36.3 Å². The molecular weight excluding hydrogens is 328 g/mol. The molecule has 3 rings (SSSR count). The smallest absolute Gasteiger partial charge is 0.129 e. The molecule has 0 amide bonds. The van der Waals surface area contributed by atoms with Gasteiger partial charge in [0.1, 0.15) is 6.61 Å². The number of benzene rings is 1. The van der Waals surface area contributed by atoms with E-state index in [4.69, 9.17) is 10.6 Å². The number of hydrogen-bond acceptors (Lipinski definition) is 5. The van der Waals surface area contributed by atoms with Crippen LogP contribution in [0.15, 0.2) is 29.4 Å². The van der Waals surface area contributed by atoms with Crippen LogP contribution in [0.5, 0.6) is 0 Å². The van der Waals surface area contributed by atoms with Crippen LogP contribution in [0, 0.1) is 17.3 Å². The SMILES string of the molecule is C[C@]12CC[C@H](Cc3ccc(CO)cc3)C[C@@]1(O)CC[C@@H]2C=NOCCN. The van der Waals surface area contributed by atoms with E-state index < -0.39 is 5.60 Å². The quantitative estimate of drug-likeness (QED) is 0.396. The molecule has 2 aliphatic carbocycles. The highest BCUT2D eigenvalue weighted by atomic mass is 16.6. The van der Waals surface area contributed by atoms with Crippen LogP contribution in [0.2, 0.25) is 0 Å². The van der Waals surface area contributed by atoms with E-state index >= 15 is 0 Å².